The van der Waals surface area contributed by atoms with Crippen molar-refractivity contribution in [3.8, 4) is 22.9 Å². The molecule has 0 bridgehead atoms. The van der Waals surface area contributed by atoms with Gasteiger partial charge in [0.2, 0.25) is 11.6 Å². The zero-order chi connectivity index (χ0) is 13.9. The van der Waals surface area contributed by atoms with Crippen molar-refractivity contribution in [3.05, 3.63) is 42.6 Å². The fourth-order valence-electron chi connectivity index (χ4n) is 1.74. The van der Waals surface area contributed by atoms with E-state index in [2.05, 4.69) is 25.4 Å². The van der Waals surface area contributed by atoms with Gasteiger partial charge < -0.3 is 11.5 Å². The Hall–Kier alpha value is -3.09. The Morgan fingerprint density at radius 2 is 1.35 bits per heavy atom. The van der Waals surface area contributed by atoms with Crippen LogP contribution >= 0.6 is 0 Å². The molecule has 0 saturated heterocycles. The molecule has 0 spiro atoms. The molecule has 0 fully saturated rings. The van der Waals surface area contributed by atoms with E-state index in [9.17, 15) is 0 Å². The Bertz CT molecular complexity index is 675. The molecular formula is C13H11N7. The lowest BCUT2D eigenvalue weighted by molar-refractivity contribution is 0.871. The van der Waals surface area contributed by atoms with Crippen LogP contribution in [0.1, 0.15) is 0 Å². The molecule has 0 radical (unpaired) electrons. The lowest BCUT2D eigenvalue weighted by Gasteiger charge is -2.04. The zero-order valence-electron chi connectivity index (χ0n) is 10.4. The number of nitrogens with zero attached hydrogens (tertiary/aromatic N) is 5. The van der Waals surface area contributed by atoms with E-state index in [4.69, 9.17) is 11.5 Å². The van der Waals surface area contributed by atoms with E-state index in [1.807, 2.05) is 18.2 Å². The third-order valence-corrected chi connectivity index (χ3v) is 2.73. The van der Waals surface area contributed by atoms with Gasteiger partial charge in [0, 0.05) is 17.4 Å². The minimum Gasteiger partial charge on any atom is -0.398 e. The molecule has 98 valence electrons. The summed E-state index contributed by atoms with van der Waals surface area (Å²) in [5.41, 5.74) is 13.9. The molecule has 0 amide bonds. The lowest BCUT2D eigenvalue weighted by atomic mass is 10.2. The molecule has 3 rings (SSSR count). The van der Waals surface area contributed by atoms with E-state index in [1.165, 1.54) is 0 Å². The summed E-state index contributed by atoms with van der Waals surface area (Å²) in [6.45, 7) is 0. The first-order valence-electron chi connectivity index (χ1n) is 5.89. The highest BCUT2D eigenvalue weighted by molar-refractivity contribution is 5.71. The zero-order valence-corrected chi connectivity index (χ0v) is 10.4. The van der Waals surface area contributed by atoms with Crippen LogP contribution in [0.3, 0.4) is 0 Å². The number of rotatable bonds is 2. The third kappa shape index (κ3) is 2.12. The highest BCUT2D eigenvalue weighted by atomic mass is 15.3. The van der Waals surface area contributed by atoms with E-state index in [-0.39, 0.29) is 5.82 Å². The van der Waals surface area contributed by atoms with Gasteiger partial charge in [0.25, 0.3) is 0 Å². The summed E-state index contributed by atoms with van der Waals surface area (Å²) in [6.07, 6.45) is 1.61. The molecular weight excluding hydrogens is 254 g/mol. The standard InChI is InChI=1S/C13H11N7/c14-9-5-2-1-4-8(9)12-17-19-13(20-18-12)11-10(15)6-3-7-16-11/h1-7H,14-15H2. The summed E-state index contributed by atoms with van der Waals surface area (Å²) in [4.78, 5) is 4.11. The fourth-order valence-corrected chi connectivity index (χ4v) is 1.74. The summed E-state index contributed by atoms with van der Waals surface area (Å²) in [5, 5.41) is 16.1. The average Bonchev–Trinajstić information content (AvgIpc) is 2.49. The van der Waals surface area contributed by atoms with Crippen molar-refractivity contribution < 1.29 is 0 Å². The van der Waals surface area contributed by atoms with Gasteiger partial charge in [0.1, 0.15) is 5.69 Å². The Morgan fingerprint density at radius 1 is 0.700 bits per heavy atom. The van der Waals surface area contributed by atoms with E-state index in [0.717, 1.165) is 0 Å². The highest BCUT2D eigenvalue weighted by Gasteiger charge is 2.11. The lowest BCUT2D eigenvalue weighted by Crippen LogP contribution is -2.03. The topological polar surface area (TPSA) is 116 Å². The van der Waals surface area contributed by atoms with Crippen LogP contribution in [-0.4, -0.2) is 25.4 Å². The van der Waals surface area contributed by atoms with Crippen LogP contribution < -0.4 is 11.5 Å². The van der Waals surface area contributed by atoms with Crippen molar-refractivity contribution in [2.75, 3.05) is 11.5 Å². The summed E-state index contributed by atoms with van der Waals surface area (Å²) < 4.78 is 0. The SMILES string of the molecule is Nc1ccccc1-c1nnc(-c2ncccc2N)nn1. The number of hydrogen-bond acceptors (Lipinski definition) is 7. The van der Waals surface area contributed by atoms with E-state index < -0.39 is 0 Å². The van der Waals surface area contributed by atoms with Crippen molar-refractivity contribution >= 4 is 11.4 Å². The number of nitrogen functional groups attached to an aromatic ring is 2. The van der Waals surface area contributed by atoms with Crippen molar-refractivity contribution in [2.24, 2.45) is 0 Å². The predicted molar refractivity (Wildman–Crippen MR) is 75.1 cm³/mol. The molecule has 2 heterocycles. The first-order chi connectivity index (χ1) is 9.75. The molecule has 7 heteroatoms. The minimum atomic E-state index is 0.279. The molecule has 0 aliphatic rings. The largest absolute Gasteiger partial charge is 0.398 e. The molecule has 0 unspecified atom stereocenters. The van der Waals surface area contributed by atoms with Crippen LogP contribution in [0.15, 0.2) is 42.6 Å². The second-order valence-electron chi connectivity index (χ2n) is 4.08. The molecule has 0 atom stereocenters. The molecule has 0 aliphatic carbocycles. The maximum Gasteiger partial charge on any atom is 0.224 e. The van der Waals surface area contributed by atoms with Crippen LogP contribution in [0.5, 0.6) is 0 Å². The van der Waals surface area contributed by atoms with Gasteiger partial charge in [-0.3, -0.25) is 4.98 Å². The van der Waals surface area contributed by atoms with E-state index in [1.54, 1.807) is 24.4 Å². The van der Waals surface area contributed by atoms with Crippen LogP contribution in [0.2, 0.25) is 0 Å². The quantitative estimate of drug-likeness (QED) is 0.667. The molecule has 1 aromatic carbocycles. The van der Waals surface area contributed by atoms with Gasteiger partial charge >= 0.3 is 0 Å². The average molecular weight is 265 g/mol. The van der Waals surface area contributed by atoms with Crippen LogP contribution in [-0.2, 0) is 0 Å². The van der Waals surface area contributed by atoms with E-state index in [0.29, 0.717) is 28.5 Å². The van der Waals surface area contributed by atoms with Gasteiger partial charge in [-0.2, -0.15) is 0 Å². The summed E-state index contributed by atoms with van der Waals surface area (Å²) in [6, 6.07) is 10.7. The smallest absolute Gasteiger partial charge is 0.224 e. The van der Waals surface area contributed by atoms with Crippen molar-refractivity contribution in [3.63, 3.8) is 0 Å². The van der Waals surface area contributed by atoms with Crippen molar-refractivity contribution in [2.45, 2.75) is 0 Å². The van der Waals surface area contributed by atoms with Crippen LogP contribution in [0.25, 0.3) is 22.9 Å². The van der Waals surface area contributed by atoms with E-state index >= 15 is 0 Å². The second kappa shape index (κ2) is 4.88. The number of hydrogen-bond donors (Lipinski definition) is 2. The normalized spacial score (nSPS) is 10.4. The Labute approximate surface area is 114 Å². The summed E-state index contributed by atoms with van der Waals surface area (Å²) in [5.74, 6) is 0.641. The maximum atomic E-state index is 5.86. The highest BCUT2D eigenvalue weighted by Crippen LogP contribution is 2.22. The Balaban J connectivity index is 2.01. The number of benzene rings is 1. The van der Waals surface area contributed by atoms with Gasteiger partial charge in [0.15, 0.2) is 0 Å². The monoisotopic (exact) mass is 265 g/mol. The van der Waals surface area contributed by atoms with Gasteiger partial charge in [-0.1, -0.05) is 12.1 Å². The minimum absolute atomic E-state index is 0.279. The molecule has 7 nitrogen and oxygen atoms in total. The Kier molecular flexibility index (Phi) is 2.92. The molecule has 3 aromatic rings. The Morgan fingerprint density at radius 3 is 2.05 bits per heavy atom. The first-order valence-corrected chi connectivity index (χ1v) is 5.89. The number of nitrogens with two attached hydrogens (primary N) is 2. The van der Waals surface area contributed by atoms with Crippen molar-refractivity contribution in [1.82, 2.24) is 25.4 Å². The fraction of sp³-hybridized carbons (Fsp3) is 0. The van der Waals surface area contributed by atoms with Gasteiger partial charge in [0.05, 0.1) is 5.69 Å². The number of aromatic nitrogens is 5. The van der Waals surface area contributed by atoms with Gasteiger partial charge in [-0.25, -0.2) is 0 Å². The number of pyridine rings is 1. The van der Waals surface area contributed by atoms with Crippen LogP contribution in [0, 0.1) is 0 Å². The molecule has 20 heavy (non-hydrogen) atoms. The number of para-hydroxylation sites is 1. The molecule has 2 aromatic heterocycles. The number of anilines is 2. The van der Waals surface area contributed by atoms with Gasteiger partial charge in [-0.15, -0.1) is 20.4 Å². The summed E-state index contributed by atoms with van der Waals surface area (Å²) >= 11 is 0. The predicted octanol–water partition coefficient (Wildman–Crippen LogP) is 1.16. The molecule has 0 aliphatic heterocycles. The van der Waals surface area contributed by atoms with Gasteiger partial charge in [-0.05, 0) is 24.3 Å². The maximum absolute atomic E-state index is 5.86. The van der Waals surface area contributed by atoms with Crippen molar-refractivity contribution in [1.29, 1.82) is 0 Å². The third-order valence-electron chi connectivity index (χ3n) is 2.73. The summed E-state index contributed by atoms with van der Waals surface area (Å²) in [7, 11) is 0. The first kappa shape index (κ1) is 12.0. The second-order valence-corrected chi connectivity index (χ2v) is 4.08. The molecule has 4 N–H and O–H groups in total. The van der Waals surface area contributed by atoms with Crippen LogP contribution in [0.4, 0.5) is 11.4 Å². The molecule has 0 saturated carbocycles.